The van der Waals surface area contributed by atoms with Gasteiger partial charge in [-0.2, -0.15) is 7.82 Å². The van der Waals surface area contributed by atoms with Crippen molar-refractivity contribution < 1.29 is 41.6 Å². The van der Waals surface area contributed by atoms with Crippen molar-refractivity contribution >= 4 is 48.2 Å². The Morgan fingerprint density at radius 1 is 1.12 bits per heavy atom. The Bertz CT molecular complexity index is 62.2. The summed E-state index contributed by atoms with van der Waals surface area (Å²) in [5, 5.41) is 0. The van der Waals surface area contributed by atoms with Crippen LogP contribution in [0.2, 0.25) is 0 Å². The zero-order chi connectivity index (χ0) is 4.50. The topological polar surface area (TPSA) is 86.2 Å². The fraction of sp³-hybridized carbons (Fsp3) is 0. The van der Waals surface area contributed by atoms with E-state index in [9.17, 15) is 0 Å². The molecule has 0 radical (unpaired) electrons. The first kappa shape index (κ1) is 22.5. The third-order valence-electron chi connectivity index (χ3n) is 0. The van der Waals surface area contributed by atoms with Gasteiger partial charge in [0.05, 0.1) is 0 Å². The van der Waals surface area contributed by atoms with Gasteiger partial charge in [0.1, 0.15) is 0 Å². The van der Waals surface area contributed by atoms with E-state index in [2.05, 4.69) is 0 Å². The van der Waals surface area contributed by atoms with E-state index < -0.39 is 7.82 Å². The fourth-order valence-corrected chi connectivity index (χ4v) is 0. The zero-order valence-corrected chi connectivity index (χ0v) is 8.61. The van der Waals surface area contributed by atoms with Crippen molar-refractivity contribution in [3.05, 3.63) is 0 Å². The summed E-state index contributed by atoms with van der Waals surface area (Å²) >= 11 is 0. The molecule has 0 unspecified atom stereocenters. The minimum absolute atomic E-state index is 0. The van der Waals surface area contributed by atoms with Crippen LogP contribution in [0.4, 0.5) is 0 Å². The molecule has 0 amide bonds. The molecule has 8 heteroatoms. The summed E-state index contributed by atoms with van der Waals surface area (Å²) in [4.78, 5) is 25.6. The summed E-state index contributed by atoms with van der Waals surface area (Å²) in [5.74, 6) is 0. The first-order valence-electron chi connectivity index (χ1n) is 0.730. The van der Waals surface area contributed by atoms with Crippen molar-refractivity contribution in [2.75, 3.05) is 0 Å². The van der Waals surface area contributed by atoms with Gasteiger partial charge in [0.2, 0.25) is 0 Å². The molecule has 0 heterocycles. The Kier molecular flexibility index (Phi) is 25.7. The SMILES string of the molecule is O=P([O-])([O-])[O-].[Ag+].[Al+3].[Mg+2]. The van der Waals surface area contributed by atoms with Crippen LogP contribution >= 0.6 is 7.82 Å². The Hall–Kier alpha value is 2.15. The molecule has 42 valence electrons. The molecule has 0 bridgehead atoms. The Morgan fingerprint density at radius 3 is 1.12 bits per heavy atom. The number of phosphoric acid groups is 1. The van der Waals surface area contributed by atoms with Gasteiger partial charge in [0.25, 0.3) is 0 Å². The minimum Gasteiger partial charge on any atom is -0.822 e. The average molecular weight is 254 g/mol. The third kappa shape index (κ3) is 90.2. The first-order valence-corrected chi connectivity index (χ1v) is 2.19. The number of rotatable bonds is 0. The minimum atomic E-state index is -5.39. The van der Waals surface area contributed by atoms with Crippen LogP contribution in [0.5, 0.6) is 0 Å². The first-order chi connectivity index (χ1) is 2.00. The molecule has 0 aromatic carbocycles. The van der Waals surface area contributed by atoms with E-state index in [1.54, 1.807) is 0 Å². The van der Waals surface area contributed by atoms with E-state index in [1.165, 1.54) is 0 Å². The zero-order valence-electron chi connectivity index (χ0n) is 3.67. The predicted octanol–water partition coefficient (Wildman–Crippen LogP) is -3.59. The van der Waals surface area contributed by atoms with Gasteiger partial charge < -0.3 is 19.2 Å². The van der Waals surface area contributed by atoms with Crippen molar-refractivity contribution in [2.45, 2.75) is 0 Å². The normalized spacial score (nSPS) is 7.38. The third-order valence-corrected chi connectivity index (χ3v) is 0. The van der Waals surface area contributed by atoms with Gasteiger partial charge in [-0.1, -0.05) is 0 Å². The molecule has 0 atom stereocenters. The largest absolute Gasteiger partial charge is 3.00 e. The molecule has 0 aliphatic heterocycles. The molecular weight excluding hydrogens is 254 g/mol. The maximum Gasteiger partial charge on any atom is 3.00 e. The number of hydrogen-bond donors (Lipinski definition) is 0. The second-order valence-corrected chi connectivity index (χ2v) is 1.34. The van der Waals surface area contributed by atoms with Crippen LogP contribution in [0, 0.1) is 0 Å². The monoisotopic (exact) mass is 253 g/mol. The second-order valence-electron chi connectivity index (χ2n) is 0.447. The Morgan fingerprint density at radius 2 is 1.12 bits per heavy atom. The van der Waals surface area contributed by atoms with Crippen LogP contribution in [0.1, 0.15) is 0 Å². The molecule has 0 aliphatic carbocycles. The van der Waals surface area contributed by atoms with Crippen molar-refractivity contribution in [1.82, 2.24) is 0 Å². The Balaban J connectivity index is -0.0000000267. The van der Waals surface area contributed by atoms with Crippen LogP contribution < -0.4 is 14.7 Å². The molecule has 8 heavy (non-hydrogen) atoms. The van der Waals surface area contributed by atoms with Crippen LogP contribution in [-0.2, 0) is 26.9 Å². The predicted molar refractivity (Wildman–Crippen MR) is 19.1 cm³/mol. The van der Waals surface area contributed by atoms with E-state index in [1.807, 2.05) is 0 Å². The molecule has 0 spiro atoms. The molecule has 0 rings (SSSR count). The molecule has 4 nitrogen and oxygen atoms in total. The smallest absolute Gasteiger partial charge is 0.822 e. The van der Waals surface area contributed by atoms with Crippen LogP contribution in [0.3, 0.4) is 0 Å². The molecule has 0 fully saturated rings. The van der Waals surface area contributed by atoms with Crippen LogP contribution in [0.15, 0.2) is 0 Å². The van der Waals surface area contributed by atoms with Gasteiger partial charge in [-0.3, -0.25) is 0 Å². The van der Waals surface area contributed by atoms with Crippen LogP contribution in [-0.4, -0.2) is 40.4 Å². The second kappa shape index (κ2) is 9.15. The van der Waals surface area contributed by atoms with Gasteiger partial charge in [-0.25, -0.2) is 0 Å². The van der Waals surface area contributed by atoms with Gasteiger partial charge in [0, 0.05) is 0 Å². The van der Waals surface area contributed by atoms with E-state index >= 15 is 0 Å². The summed E-state index contributed by atoms with van der Waals surface area (Å²) in [6.45, 7) is 0. The van der Waals surface area contributed by atoms with Crippen LogP contribution in [0.25, 0.3) is 0 Å². The summed E-state index contributed by atoms with van der Waals surface area (Å²) in [6.07, 6.45) is 0. The van der Waals surface area contributed by atoms with Gasteiger partial charge in [0.15, 0.2) is 0 Å². The summed E-state index contributed by atoms with van der Waals surface area (Å²) in [6, 6.07) is 0. The fourth-order valence-electron chi connectivity index (χ4n) is 0. The van der Waals surface area contributed by atoms with Crippen molar-refractivity contribution in [3.63, 3.8) is 0 Å². The van der Waals surface area contributed by atoms with Crippen molar-refractivity contribution in [2.24, 2.45) is 0 Å². The molecule has 0 aromatic heterocycles. The molecule has 0 saturated carbocycles. The molecule has 0 saturated heterocycles. The van der Waals surface area contributed by atoms with Crippen molar-refractivity contribution in [3.8, 4) is 0 Å². The van der Waals surface area contributed by atoms with Gasteiger partial charge in [-0.05, 0) is 0 Å². The molecule has 0 N–H and O–H groups in total. The van der Waals surface area contributed by atoms with E-state index in [-0.39, 0.29) is 62.8 Å². The standard InChI is InChI=1S/Ag.Al.Mg.H3O4P/c;;;1-5(2,3)4/h;;;(H3,1,2,3,4)/q+1;+3;+2;/p-3. The number of hydrogen-bond acceptors (Lipinski definition) is 4. The molecule has 0 aromatic rings. The maximum atomic E-state index is 8.55. The Labute approximate surface area is 89.1 Å². The quantitative estimate of drug-likeness (QED) is 0.330. The summed E-state index contributed by atoms with van der Waals surface area (Å²) < 4.78 is 8.55. The van der Waals surface area contributed by atoms with E-state index in [4.69, 9.17) is 19.2 Å². The van der Waals surface area contributed by atoms with Gasteiger partial charge in [-0.15, -0.1) is 0 Å². The summed E-state index contributed by atoms with van der Waals surface area (Å²) in [7, 11) is -5.39. The van der Waals surface area contributed by atoms with Crippen molar-refractivity contribution in [1.29, 1.82) is 0 Å². The average Bonchev–Trinajstić information content (AvgIpc) is 0.722. The summed E-state index contributed by atoms with van der Waals surface area (Å²) in [5.41, 5.74) is 0. The maximum absolute atomic E-state index is 8.55. The molecule has 0 aliphatic rings. The molecular formula is AgAlMgO4P+3. The van der Waals surface area contributed by atoms with E-state index in [0.29, 0.717) is 0 Å². The van der Waals surface area contributed by atoms with Gasteiger partial charge >= 0.3 is 62.8 Å². The van der Waals surface area contributed by atoms with E-state index in [0.717, 1.165) is 0 Å².